The molecule has 1 unspecified atom stereocenters. The van der Waals surface area contributed by atoms with Gasteiger partial charge in [0.15, 0.2) is 0 Å². The maximum absolute atomic E-state index is 13.5. The zero-order valence-corrected chi connectivity index (χ0v) is 17.8. The molecule has 2 aliphatic rings. The molecule has 0 spiro atoms. The summed E-state index contributed by atoms with van der Waals surface area (Å²) >= 11 is 0. The minimum Gasteiger partial charge on any atom is -0.301 e. The Balaban J connectivity index is 2.20. The van der Waals surface area contributed by atoms with Crippen LogP contribution in [0.1, 0.15) is 66.2 Å². The molecule has 2 rings (SSSR count). The highest BCUT2D eigenvalue weighted by atomic mass is 16.2. The highest BCUT2D eigenvalue weighted by Gasteiger charge is 2.45. The average Bonchev–Trinajstić information content (AvgIpc) is 2.63. The Morgan fingerprint density at radius 1 is 1.15 bits per heavy atom. The van der Waals surface area contributed by atoms with Gasteiger partial charge in [-0.1, -0.05) is 38.2 Å². The molecule has 1 saturated heterocycles. The molecule has 1 aliphatic carbocycles. The van der Waals surface area contributed by atoms with E-state index in [2.05, 4.69) is 63.9 Å². The molecule has 1 heterocycles. The molecule has 26 heavy (non-hydrogen) atoms. The summed E-state index contributed by atoms with van der Waals surface area (Å²) in [5.41, 5.74) is 0.144. The van der Waals surface area contributed by atoms with Gasteiger partial charge < -0.3 is 4.90 Å². The fourth-order valence-electron chi connectivity index (χ4n) is 5.04. The Kier molecular flexibility index (Phi) is 7.66. The third-order valence-corrected chi connectivity index (χ3v) is 6.83. The van der Waals surface area contributed by atoms with E-state index in [0.717, 1.165) is 64.7 Å². The number of carbonyl (C=O) groups excluding carboxylic acids is 1. The summed E-state index contributed by atoms with van der Waals surface area (Å²) in [6.45, 7) is 13.2. The molecule has 1 atom stereocenters. The molecule has 0 bridgehead atoms. The van der Waals surface area contributed by atoms with Crippen LogP contribution in [0.2, 0.25) is 0 Å². The number of nitrogens with zero attached hydrogens (tertiary/aromatic N) is 2. The summed E-state index contributed by atoms with van der Waals surface area (Å²) < 4.78 is 0.620. The number of amides is 1. The van der Waals surface area contributed by atoms with Crippen molar-refractivity contribution >= 4 is 5.91 Å². The first-order valence-corrected chi connectivity index (χ1v) is 10.8. The van der Waals surface area contributed by atoms with Gasteiger partial charge in [-0.15, -0.1) is 0 Å². The minimum absolute atomic E-state index is 0.144. The molecule has 3 heteroatoms. The quantitative estimate of drug-likeness (QED) is 0.579. The van der Waals surface area contributed by atoms with Crippen LogP contribution in [0.3, 0.4) is 0 Å². The van der Waals surface area contributed by atoms with Crippen molar-refractivity contribution < 1.29 is 9.28 Å². The van der Waals surface area contributed by atoms with Crippen molar-refractivity contribution in [2.24, 2.45) is 11.3 Å². The van der Waals surface area contributed by atoms with Crippen LogP contribution >= 0.6 is 0 Å². The number of allylic oxidation sites excluding steroid dienone is 4. The van der Waals surface area contributed by atoms with Gasteiger partial charge in [-0.3, -0.25) is 4.48 Å². The number of carbonyl (C=O) groups is 1. The van der Waals surface area contributed by atoms with Crippen LogP contribution in [0, 0.1) is 11.3 Å². The maximum Gasteiger partial charge on any atom is 0.314 e. The van der Waals surface area contributed by atoms with Gasteiger partial charge in [0, 0.05) is 6.04 Å². The molecule has 3 nitrogen and oxygen atoms in total. The summed E-state index contributed by atoms with van der Waals surface area (Å²) in [6, 6.07) is 0.603. The largest absolute Gasteiger partial charge is 0.314 e. The van der Waals surface area contributed by atoms with Gasteiger partial charge in [0.05, 0.1) is 26.6 Å². The van der Waals surface area contributed by atoms with Gasteiger partial charge in [0.2, 0.25) is 0 Å². The van der Waals surface area contributed by atoms with E-state index in [1.165, 1.54) is 0 Å². The van der Waals surface area contributed by atoms with Crippen molar-refractivity contribution in [3.05, 3.63) is 24.3 Å². The second-order valence-electron chi connectivity index (χ2n) is 9.06. The fourth-order valence-corrected chi connectivity index (χ4v) is 5.04. The monoisotopic (exact) mass is 361 g/mol. The van der Waals surface area contributed by atoms with E-state index < -0.39 is 0 Å². The zero-order chi connectivity index (χ0) is 19.2. The van der Waals surface area contributed by atoms with Gasteiger partial charge in [-0.2, -0.15) is 0 Å². The SMILES string of the molecule is CCC[N+](C)(CCC)C(=O)CC1(C2C=CC=CC2)CCN(C(C)C)CC1. The van der Waals surface area contributed by atoms with Crippen LogP contribution in [0.4, 0.5) is 0 Å². The Morgan fingerprint density at radius 2 is 1.77 bits per heavy atom. The highest BCUT2D eigenvalue weighted by Crippen LogP contribution is 2.46. The first kappa shape index (κ1) is 21.4. The predicted octanol–water partition coefficient (Wildman–Crippen LogP) is 4.79. The topological polar surface area (TPSA) is 20.3 Å². The number of hydrogen-bond acceptors (Lipinski definition) is 2. The molecule has 0 saturated carbocycles. The van der Waals surface area contributed by atoms with E-state index in [4.69, 9.17) is 0 Å². The fraction of sp³-hybridized carbons (Fsp3) is 0.783. The molecule has 0 N–H and O–H groups in total. The normalized spacial score (nSPS) is 23.5. The van der Waals surface area contributed by atoms with Gasteiger partial charge in [-0.05, 0) is 70.4 Å². The zero-order valence-electron chi connectivity index (χ0n) is 17.8. The number of likely N-dealkylation sites (tertiary alicyclic amines) is 1. The van der Waals surface area contributed by atoms with Crippen molar-refractivity contribution in [2.75, 3.05) is 33.2 Å². The molecule has 0 aromatic carbocycles. The predicted molar refractivity (Wildman–Crippen MR) is 111 cm³/mol. The van der Waals surface area contributed by atoms with Crippen molar-refractivity contribution in [1.82, 2.24) is 4.90 Å². The van der Waals surface area contributed by atoms with Gasteiger partial charge in [0.25, 0.3) is 0 Å². The van der Waals surface area contributed by atoms with Crippen molar-refractivity contribution in [3.63, 3.8) is 0 Å². The van der Waals surface area contributed by atoms with Crippen molar-refractivity contribution in [1.29, 1.82) is 0 Å². The van der Waals surface area contributed by atoms with Crippen LogP contribution in [0.15, 0.2) is 24.3 Å². The second-order valence-corrected chi connectivity index (χ2v) is 9.06. The number of quaternary nitrogens is 1. The smallest absolute Gasteiger partial charge is 0.301 e. The highest BCUT2D eigenvalue weighted by molar-refractivity contribution is 5.70. The number of piperidine rings is 1. The molecule has 0 radical (unpaired) electrons. The lowest BCUT2D eigenvalue weighted by Crippen LogP contribution is -2.54. The molecule has 0 aromatic heterocycles. The van der Waals surface area contributed by atoms with Gasteiger partial charge in [0.1, 0.15) is 0 Å². The van der Waals surface area contributed by atoms with Crippen molar-refractivity contribution in [3.8, 4) is 0 Å². The average molecular weight is 362 g/mol. The van der Waals surface area contributed by atoms with E-state index in [1.807, 2.05) is 0 Å². The standard InChI is InChI=1S/C23H41N2O/c1-6-17-25(5,18-7-2)22(26)19-23(21-11-9-8-10-12-21)13-15-24(16-14-23)20(3)4/h8-11,20-21H,6-7,12-19H2,1-5H3/q+1. The lowest BCUT2D eigenvalue weighted by atomic mass is 9.64. The molecular weight excluding hydrogens is 320 g/mol. The molecule has 1 fully saturated rings. The van der Waals surface area contributed by atoms with Gasteiger partial charge >= 0.3 is 5.91 Å². The summed E-state index contributed by atoms with van der Waals surface area (Å²) in [7, 11) is 2.17. The summed E-state index contributed by atoms with van der Waals surface area (Å²) in [6.07, 6.45) is 15.3. The summed E-state index contributed by atoms with van der Waals surface area (Å²) in [5.74, 6) is 0.983. The number of rotatable bonds is 8. The molecule has 148 valence electrons. The summed E-state index contributed by atoms with van der Waals surface area (Å²) in [4.78, 5) is 16.1. The molecule has 1 amide bonds. The van der Waals surface area contributed by atoms with Crippen LogP contribution in [-0.2, 0) is 4.79 Å². The second kappa shape index (κ2) is 9.32. The van der Waals surface area contributed by atoms with Crippen LogP contribution in [0.5, 0.6) is 0 Å². The summed E-state index contributed by atoms with van der Waals surface area (Å²) in [5, 5.41) is 0. The van der Waals surface area contributed by atoms with E-state index >= 15 is 0 Å². The Hall–Kier alpha value is -0.930. The first-order chi connectivity index (χ1) is 12.4. The van der Waals surface area contributed by atoms with E-state index in [0.29, 0.717) is 22.3 Å². The van der Waals surface area contributed by atoms with Crippen LogP contribution in [-0.4, -0.2) is 54.6 Å². The maximum atomic E-state index is 13.5. The molecular formula is C23H41N2O+. The lowest BCUT2D eigenvalue weighted by Gasteiger charge is -2.47. The van der Waals surface area contributed by atoms with Crippen molar-refractivity contribution in [2.45, 2.75) is 72.3 Å². The van der Waals surface area contributed by atoms with E-state index in [1.54, 1.807) is 0 Å². The van der Waals surface area contributed by atoms with Gasteiger partial charge in [-0.25, -0.2) is 4.79 Å². The third kappa shape index (κ3) is 4.86. The number of hydrogen-bond donors (Lipinski definition) is 0. The first-order valence-electron chi connectivity index (χ1n) is 10.8. The minimum atomic E-state index is 0.144. The Labute approximate surface area is 161 Å². The van der Waals surface area contributed by atoms with E-state index in [-0.39, 0.29) is 5.41 Å². The Morgan fingerprint density at radius 3 is 2.23 bits per heavy atom. The lowest BCUT2D eigenvalue weighted by molar-refractivity contribution is -0.835. The molecule has 1 aliphatic heterocycles. The molecule has 0 aromatic rings. The van der Waals surface area contributed by atoms with Crippen LogP contribution < -0.4 is 0 Å². The Bertz CT molecular complexity index is 506. The van der Waals surface area contributed by atoms with Crippen LogP contribution in [0.25, 0.3) is 0 Å². The third-order valence-electron chi connectivity index (χ3n) is 6.83. The van der Waals surface area contributed by atoms with E-state index in [9.17, 15) is 4.79 Å².